The van der Waals surface area contributed by atoms with Crippen LogP contribution in [0.15, 0.2) is 36.8 Å². The predicted molar refractivity (Wildman–Crippen MR) is 75.4 cm³/mol. The van der Waals surface area contributed by atoms with Crippen LogP contribution in [0.1, 0.15) is 13.3 Å². The molecular weight excluding hydrogens is 257 g/mol. The maximum absolute atomic E-state index is 14.0. The third-order valence-electron chi connectivity index (χ3n) is 2.94. The molecule has 0 fully saturated rings. The first-order valence-corrected chi connectivity index (χ1v) is 6.48. The molecule has 102 valence electrons. The highest BCUT2D eigenvalue weighted by molar-refractivity contribution is 5.76. The van der Waals surface area contributed by atoms with E-state index in [2.05, 4.69) is 20.3 Å². The van der Waals surface area contributed by atoms with E-state index in [-0.39, 0.29) is 5.82 Å². The first-order valence-electron chi connectivity index (χ1n) is 6.48. The Morgan fingerprint density at radius 2 is 2.10 bits per heavy atom. The summed E-state index contributed by atoms with van der Waals surface area (Å²) in [6, 6.07) is 7.53. The number of nitrogens with one attached hydrogen (secondary N) is 1. The summed E-state index contributed by atoms with van der Waals surface area (Å²) in [6.45, 7) is 2.79. The Hall–Kier alpha value is -2.50. The molecule has 0 unspecified atom stereocenters. The summed E-state index contributed by atoms with van der Waals surface area (Å²) in [5.74, 6) is 0.142. The molecule has 0 aliphatic heterocycles. The van der Waals surface area contributed by atoms with Crippen molar-refractivity contribution in [3.63, 3.8) is 0 Å². The Balaban J connectivity index is 2.08. The van der Waals surface area contributed by atoms with Crippen molar-refractivity contribution in [2.75, 3.05) is 11.9 Å². The third-order valence-corrected chi connectivity index (χ3v) is 2.94. The Morgan fingerprint density at radius 3 is 2.95 bits per heavy atom. The molecule has 2 heterocycles. The molecule has 0 radical (unpaired) electrons. The first kappa shape index (κ1) is 12.5. The number of para-hydroxylation sites is 2. The van der Waals surface area contributed by atoms with Gasteiger partial charge in [-0.15, -0.1) is 0 Å². The zero-order chi connectivity index (χ0) is 13.9. The Morgan fingerprint density at radius 1 is 1.25 bits per heavy atom. The summed E-state index contributed by atoms with van der Waals surface area (Å²) in [6.07, 6.45) is 3.69. The van der Waals surface area contributed by atoms with Gasteiger partial charge in [0.15, 0.2) is 11.6 Å². The average molecular weight is 271 g/mol. The van der Waals surface area contributed by atoms with E-state index in [4.69, 9.17) is 0 Å². The maximum atomic E-state index is 14.0. The van der Waals surface area contributed by atoms with Gasteiger partial charge in [-0.05, 0) is 18.6 Å². The molecule has 1 N–H and O–H groups in total. The van der Waals surface area contributed by atoms with Crippen LogP contribution < -0.4 is 5.32 Å². The van der Waals surface area contributed by atoms with Crippen molar-refractivity contribution < 1.29 is 4.39 Å². The number of benzene rings is 1. The monoisotopic (exact) mass is 271 g/mol. The highest BCUT2D eigenvalue weighted by atomic mass is 19.1. The second kappa shape index (κ2) is 5.24. The van der Waals surface area contributed by atoms with Crippen LogP contribution in [0.5, 0.6) is 0 Å². The lowest BCUT2D eigenvalue weighted by Gasteiger charge is -2.07. The van der Waals surface area contributed by atoms with Gasteiger partial charge in [0.25, 0.3) is 0 Å². The molecule has 5 nitrogen and oxygen atoms in total. The molecule has 0 amide bonds. The lowest BCUT2D eigenvalue weighted by molar-refractivity contribution is 0.603. The average Bonchev–Trinajstić information content (AvgIpc) is 2.90. The Labute approximate surface area is 115 Å². The van der Waals surface area contributed by atoms with Gasteiger partial charge >= 0.3 is 0 Å². The van der Waals surface area contributed by atoms with Crippen LogP contribution in [-0.4, -0.2) is 26.1 Å². The van der Waals surface area contributed by atoms with Crippen LogP contribution in [-0.2, 0) is 0 Å². The van der Waals surface area contributed by atoms with Gasteiger partial charge in [-0.1, -0.05) is 19.1 Å². The van der Waals surface area contributed by atoms with Gasteiger partial charge in [0.2, 0.25) is 5.95 Å². The van der Waals surface area contributed by atoms with Crippen LogP contribution in [0, 0.1) is 5.82 Å². The molecule has 20 heavy (non-hydrogen) atoms. The van der Waals surface area contributed by atoms with Gasteiger partial charge in [-0.25, -0.2) is 14.4 Å². The number of anilines is 1. The molecule has 2 aromatic heterocycles. The second-order valence-electron chi connectivity index (χ2n) is 4.40. The summed E-state index contributed by atoms with van der Waals surface area (Å²) in [5.41, 5.74) is 1.61. The minimum Gasteiger partial charge on any atom is -0.354 e. The number of nitrogens with zero attached hydrogens (tertiary/aromatic N) is 4. The molecule has 0 atom stereocenters. The van der Waals surface area contributed by atoms with Crippen molar-refractivity contribution in [1.82, 2.24) is 19.5 Å². The van der Waals surface area contributed by atoms with Crippen LogP contribution in [0.25, 0.3) is 16.9 Å². The van der Waals surface area contributed by atoms with Crippen molar-refractivity contribution >= 4 is 17.0 Å². The van der Waals surface area contributed by atoms with Crippen molar-refractivity contribution in [3.05, 3.63) is 42.6 Å². The van der Waals surface area contributed by atoms with Crippen molar-refractivity contribution in [2.24, 2.45) is 0 Å². The van der Waals surface area contributed by atoms with Gasteiger partial charge in [-0.2, -0.15) is 4.98 Å². The fourth-order valence-corrected chi connectivity index (χ4v) is 1.98. The normalized spacial score (nSPS) is 10.9. The Bertz CT molecular complexity index is 737. The molecule has 3 aromatic rings. The standard InChI is InChI=1S/C14H14FN5/c1-2-7-16-14-17-8-10(15)13(19-14)20-9-18-11-5-3-4-6-12(11)20/h3-6,8-9H,2,7H2,1H3,(H,16,17,19). The zero-order valence-corrected chi connectivity index (χ0v) is 11.0. The predicted octanol–water partition coefficient (Wildman–Crippen LogP) is 2.78. The zero-order valence-electron chi connectivity index (χ0n) is 11.0. The summed E-state index contributed by atoms with van der Waals surface area (Å²) in [4.78, 5) is 12.4. The number of rotatable bonds is 4. The molecule has 0 saturated carbocycles. The van der Waals surface area contributed by atoms with Crippen molar-refractivity contribution in [3.8, 4) is 5.82 Å². The number of imidazole rings is 1. The largest absolute Gasteiger partial charge is 0.354 e. The van der Waals surface area contributed by atoms with E-state index in [9.17, 15) is 4.39 Å². The number of aromatic nitrogens is 4. The van der Waals surface area contributed by atoms with Crippen LogP contribution in [0.4, 0.5) is 10.3 Å². The highest BCUT2D eigenvalue weighted by Gasteiger charge is 2.12. The smallest absolute Gasteiger partial charge is 0.224 e. The van der Waals surface area contributed by atoms with E-state index >= 15 is 0 Å². The molecule has 0 saturated heterocycles. The quantitative estimate of drug-likeness (QED) is 0.792. The van der Waals surface area contributed by atoms with Gasteiger partial charge in [0, 0.05) is 6.54 Å². The summed E-state index contributed by atoms with van der Waals surface area (Å²) >= 11 is 0. The molecular formula is C14H14FN5. The van der Waals surface area contributed by atoms with Crippen molar-refractivity contribution in [1.29, 1.82) is 0 Å². The number of hydrogen-bond acceptors (Lipinski definition) is 4. The van der Waals surface area contributed by atoms with E-state index in [1.807, 2.05) is 31.2 Å². The van der Waals surface area contributed by atoms with E-state index in [0.29, 0.717) is 5.95 Å². The molecule has 0 aliphatic rings. The number of halogens is 1. The highest BCUT2D eigenvalue weighted by Crippen LogP contribution is 2.19. The molecule has 6 heteroatoms. The van der Waals surface area contributed by atoms with Gasteiger partial charge in [0.05, 0.1) is 17.2 Å². The van der Waals surface area contributed by atoms with E-state index in [1.165, 1.54) is 6.20 Å². The van der Waals surface area contributed by atoms with Crippen LogP contribution in [0.2, 0.25) is 0 Å². The fraction of sp³-hybridized carbons (Fsp3) is 0.214. The number of fused-ring (bicyclic) bond motifs is 1. The molecule has 0 bridgehead atoms. The lowest BCUT2D eigenvalue weighted by Crippen LogP contribution is -2.08. The minimum atomic E-state index is -0.477. The second-order valence-corrected chi connectivity index (χ2v) is 4.40. The molecule has 0 aliphatic carbocycles. The Kier molecular flexibility index (Phi) is 3.28. The summed E-state index contributed by atoms with van der Waals surface area (Å²) in [7, 11) is 0. The molecule has 1 aromatic carbocycles. The third kappa shape index (κ3) is 2.20. The summed E-state index contributed by atoms with van der Waals surface area (Å²) in [5, 5.41) is 3.05. The number of hydrogen-bond donors (Lipinski definition) is 1. The minimum absolute atomic E-state index is 0.201. The SMILES string of the molecule is CCCNc1ncc(F)c(-n2cnc3ccccc32)n1. The lowest BCUT2D eigenvalue weighted by atomic mass is 10.3. The van der Waals surface area contributed by atoms with Gasteiger partial charge in [-0.3, -0.25) is 4.57 Å². The molecule has 3 rings (SSSR count). The topological polar surface area (TPSA) is 55.6 Å². The van der Waals surface area contributed by atoms with E-state index in [0.717, 1.165) is 24.0 Å². The van der Waals surface area contributed by atoms with Crippen LogP contribution in [0.3, 0.4) is 0 Å². The summed E-state index contributed by atoms with van der Waals surface area (Å²) < 4.78 is 15.6. The van der Waals surface area contributed by atoms with E-state index in [1.54, 1.807) is 10.9 Å². The van der Waals surface area contributed by atoms with Crippen molar-refractivity contribution in [2.45, 2.75) is 13.3 Å². The van der Waals surface area contributed by atoms with Crippen LogP contribution >= 0.6 is 0 Å². The van der Waals surface area contributed by atoms with Gasteiger partial charge < -0.3 is 5.32 Å². The van der Waals surface area contributed by atoms with E-state index < -0.39 is 5.82 Å². The molecule has 0 spiro atoms. The maximum Gasteiger partial charge on any atom is 0.224 e. The fourth-order valence-electron chi connectivity index (χ4n) is 1.98. The first-order chi connectivity index (χ1) is 9.79. The van der Waals surface area contributed by atoms with Gasteiger partial charge in [0.1, 0.15) is 6.33 Å².